The minimum absolute atomic E-state index is 0.0584. The van der Waals surface area contributed by atoms with Gasteiger partial charge < -0.3 is 4.74 Å². The summed E-state index contributed by atoms with van der Waals surface area (Å²) in [6.07, 6.45) is -2.27. The van der Waals surface area contributed by atoms with Gasteiger partial charge in [0.25, 0.3) is 0 Å². The van der Waals surface area contributed by atoms with Gasteiger partial charge in [0, 0.05) is 17.2 Å². The summed E-state index contributed by atoms with van der Waals surface area (Å²) in [7, 11) is 0. The highest BCUT2D eigenvalue weighted by molar-refractivity contribution is 5.72. The Morgan fingerprint density at radius 1 is 0.675 bits per heavy atom. The summed E-state index contributed by atoms with van der Waals surface area (Å²) in [5, 5.41) is 0. The highest BCUT2D eigenvalue weighted by Crippen LogP contribution is 2.38. The molecule has 216 valence electrons. The van der Waals surface area contributed by atoms with Gasteiger partial charge in [-0.25, -0.2) is 13.2 Å². The standard InChI is InChI=1S/C31H30F8O/c1-2-3-19-4-6-20(7-5-19)14-15-30(35,36)40-23-10-12-25(28(33)18-23)21-8-11-24(27(32)16-21)22-9-13-26(29(34)17-22)31(37,38)39/h8-13,16-20H,2-7,14-15H2,1H3. The maximum atomic E-state index is 14.8. The van der Waals surface area contributed by atoms with Crippen molar-refractivity contribution in [3.8, 4) is 28.0 Å². The SMILES string of the molecule is CCCC1CCC(CCC(F)(F)Oc2ccc(-c3ccc(-c4ccc(C(F)(F)F)c(F)c4)c(F)c3)c(F)c2)CC1. The molecule has 0 aliphatic heterocycles. The lowest BCUT2D eigenvalue weighted by atomic mass is 9.78. The quantitative estimate of drug-likeness (QED) is 0.233. The van der Waals surface area contributed by atoms with Crippen LogP contribution in [0.15, 0.2) is 54.6 Å². The van der Waals surface area contributed by atoms with Crippen LogP contribution in [0.5, 0.6) is 5.75 Å². The molecule has 1 nitrogen and oxygen atoms in total. The van der Waals surface area contributed by atoms with Crippen molar-refractivity contribution in [3.05, 3.63) is 77.6 Å². The Balaban J connectivity index is 1.41. The lowest BCUT2D eigenvalue weighted by Gasteiger charge is -2.29. The number of alkyl halides is 5. The molecular weight excluding hydrogens is 540 g/mol. The maximum absolute atomic E-state index is 14.8. The average molecular weight is 571 g/mol. The van der Waals surface area contributed by atoms with Gasteiger partial charge >= 0.3 is 12.3 Å². The third-order valence-corrected chi connectivity index (χ3v) is 7.58. The number of benzene rings is 3. The zero-order valence-electron chi connectivity index (χ0n) is 21.9. The molecule has 0 aromatic heterocycles. The topological polar surface area (TPSA) is 9.23 Å². The molecule has 0 radical (unpaired) electrons. The molecule has 1 saturated carbocycles. The van der Waals surface area contributed by atoms with Crippen LogP contribution in [-0.2, 0) is 6.18 Å². The van der Waals surface area contributed by atoms with Gasteiger partial charge in [0.05, 0.1) is 12.0 Å². The molecule has 1 aliphatic rings. The molecule has 0 N–H and O–H groups in total. The first-order valence-electron chi connectivity index (χ1n) is 13.4. The van der Waals surface area contributed by atoms with Crippen LogP contribution in [0.25, 0.3) is 22.3 Å². The largest absolute Gasteiger partial charge is 0.432 e. The van der Waals surface area contributed by atoms with E-state index in [1.807, 2.05) is 0 Å². The highest BCUT2D eigenvalue weighted by atomic mass is 19.4. The van der Waals surface area contributed by atoms with Crippen molar-refractivity contribution in [1.29, 1.82) is 0 Å². The molecule has 3 aromatic rings. The normalized spacial score (nSPS) is 18.1. The Kier molecular flexibility index (Phi) is 9.10. The molecule has 0 saturated heterocycles. The van der Waals surface area contributed by atoms with Gasteiger partial charge in [-0.2, -0.15) is 22.0 Å². The second-order valence-electron chi connectivity index (χ2n) is 10.5. The number of hydrogen-bond acceptors (Lipinski definition) is 1. The van der Waals surface area contributed by atoms with Crippen molar-refractivity contribution in [2.24, 2.45) is 11.8 Å². The van der Waals surface area contributed by atoms with Gasteiger partial charge in [-0.05, 0) is 59.7 Å². The van der Waals surface area contributed by atoms with Gasteiger partial charge in [0.2, 0.25) is 0 Å². The predicted octanol–water partition coefficient (Wildman–Crippen LogP) is 10.8. The number of hydrogen-bond donors (Lipinski definition) is 0. The molecule has 3 aromatic carbocycles. The van der Waals surface area contributed by atoms with E-state index >= 15 is 0 Å². The van der Waals surface area contributed by atoms with Crippen LogP contribution < -0.4 is 4.74 Å². The summed E-state index contributed by atoms with van der Waals surface area (Å²) >= 11 is 0. The average Bonchev–Trinajstić information content (AvgIpc) is 2.87. The van der Waals surface area contributed by atoms with Gasteiger partial charge in [0.15, 0.2) is 0 Å². The van der Waals surface area contributed by atoms with Crippen LogP contribution in [0, 0.1) is 29.3 Å². The number of halogens is 8. The van der Waals surface area contributed by atoms with Crippen molar-refractivity contribution in [2.45, 2.75) is 70.6 Å². The van der Waals surface area contributed by atoms with Gasteiger partial charge in [0.1, 0.15) is 23.2 Å². The molecule has 0 heterocycles. The zero-order valence-corrected chi connectivity index (χ0v) is 21.9. The lowest BCUT2D eigenvalue weighted by Crippen LogP contribution is -2.26. The Bertz CT molecular complexity index is 1310. The maximum Gasteiger partial charge on any atom is 0.419 e. The van der Waals surface area contributed by atoms with Crippen LogP contribution >= 0.6 is 0 Å². The minimum atomic E-state index is -4.89. The first kappa shape index (κ1) is 29.9. The van der Waals surface area contributed by atoms with E-state index in [-0.39, 0.29) is 33.9 Å². The van der Waals surface area contributed by atoms with E-state index in [0.29, 0.717) is 24.5 Å². The summed E-state index contributed by atoms with van der Waals surface area (Å²) in [6.45, 7) is 2.14. The van der Waals surface area contributed by atoms with Crippen LogP contribution in [0.3, 0.4) is 0 Å². The van der Waals surface area contributed by atoms with E-state index < -0.39 is 41.7 Å². The molecule has 0 atom stereocenters. The van der Waals surface area contributed by atoms with E-state index in [0.717, 1.165) is 50.3 Å². The Morgan fingerprint density at radius 3 is 1.73 bits per heavy atom. The second-order valence-corrected chi connectivity index (χ2v) is 10.5. The van der Waals surface area contributed by atoms with Gasteiger partial charge in [-0.3, -0.25) is 0 Å². The van der Waals surface area contributed by atoms with E-state index in [1.54, 1.807) is 0 Å². The van der Waals surface area contributed by atoms with Crippen molar-refractivity contribution in [3.63, 3.8) is 0 Å². The van der Waals surface area contributed by atoms with Crippen LogP contribution in [0.2, 0.25) is 0 Å². The predicted molar refractivity (Wildman–Crippen MR) is 137 cm³/mol. The zero-order chi connectivity index (χ0) is 29.1. The lowest BCUT2D eigenvalue weighted by molar-refractivity contribution is -0.183. The fourth-order valence-corrected chi connectivity index (χ4v) is 5.44. The molecule has 4 rings (SSSR count). The Labute approximate surface area is 228 Å². The van der Waals surface area contributed by atoms with E-state index in [4.69, 9.17) is 4.74 Å². The molecule has 9 heteroatoms. The molecule has 1 aliphatic carbocycles. The van der Waals surface area contributed by atoms with Crippen LogP contribution in [0.4, 0.5) is 35.1 Å². The van der Waals surface area contributed by atoms with Crippen LogP contribution in [0.1, 0.15) is 63.9 Å². The van der Waals surface area contributed by atoms with Crippen molar-refractivity contribution in [2.75, 3.05) is 0 Å². The van der Waals surface area contributed by atoms with E-state index in [1.165, 1.54) is 30.7 Å². The smallest absolute Gasteiger partial charge is 0.419 e. The Hall–Kier alpha value is -3.10. The van der Waals surface area contributed by atoms with Crippen molar-refractivity contribution >= 4 is 0 Å². The summed E-state index contributed by atoms with van der Waals surface area (Å²) in [5.41, 5.74) is -1.82. The fourth-order valence-electron chi connectivity index (χ4n) is 5.44. The molecule has 0 unspecified atom stereocenters. The number of ether oxygens (including phenoxy) is 1. The van der Waals surface area contributed by atoms with Gasteiger partial charge in [-0.1, -0.05) is 63.6 Å². The van der Waals surface area contributed by atoms with Crippen molar-refractivity contribution < 1.29 is 39.9 Å². The molecule has 0 spiro atoms. The molecular formula is C31H30F8O. The third kappa shape index (κ3) is 7.34. The fraction of sp³-hybridized carbons (Fsp3) is 0.419. The van der Waals surface area contributed by atoms with E-state index in [9.17, 15) is 35.1 Å². The monoisotopic (exact) mass is 570 g/mol. The highest BCUT2D eigenvalue weighted by Gasteiger charge is 2.35. The Morgan fingerprint density at radius 2 is 1.20 bits per heavy atom. The summed E-state index contributed by atoms with van der Waals surface area (Å²) in [4.78, 5) is 0. The summed E-state index contributed by atoms with van der Waals surface area (Å²) < 4.78 is 116. The van der Waals surface area contributed by atoms with Crippen LogP contribution in [-0.4, -0.2) is 6.11 Å². The number of rotatable bonds is 9. The summed E-state index contributed by atoms with van der Waals surface area (Å²) in [5.74, 6) is -2.86. The second kappa shape index (κ2) is 12.2. The molecule has 40 heavy (non-hydrogen) atoms. The minimum Gasteiger partial charge on any atom is -0.432 e. The first-order valence-corrected chi connectivity index (χ1v) is 13.4. The summed E-state index contributed by atoms with van der Waals surface area (Å²) in [6, 6.07) is 8.60. The van der Waals surface area contributed by atoms with E-state index in [2.05, 4.69) is 6.92 Å². The van der Waals surface area contributed by atoms with Crippen molar-refractivity contribution in [1.82, 2.24) is 0 Å². The van der Waals surface area contributed by atoms with Gasteiger partial charge in [-0.15, -0.1) is 0 Å². The third-order valence-electron chi connectivity index (χ3n) is 7.58. The molecule has 0 amide bonds. The molecule has 1 fully saturated rings. The first-order chi connectivity index (χ1) is 18.9. The molecule has 0 bridgehead atoms.